The molecule has 2 heterocycles. The maximum Gasteiger partial charge on any atom is 0.192 e. The Morgan fingerprint density at radius 2 is 2.60 bits per heavy atom. The Balaban J connectivity index is 1.88. The van der Waals surface area contributed by atoms with Gasteiger partial charge in [-0.05, 0) is 31.4 Å². The third-order valence-electron chi connectivity index (χ3n) is 2.82. The predicted octanol–water partition coefficient (Wildman–Crippen LogP) is 1.63. The first-order chi connectivity index (χ1) is 7.27. The second-order valence-corrected chi connectivity index (χ2v) is 5.09. The van der Waals surface area contributed by atoms with Crippen molar-refractivity contribution in [1.82, 2.24) is 9.88 Å². The van der Waals surface area contributed by atoms with Gasteiger partial charge in [0.05, 0.1) is 12.2 Å². The zero-order valence-electron chi connectivity index (χ0n) is 8.90. The number of hydrogen-bond donors (Lipinski definition) is 1. The quantitative estimate of drug-likeness (QED) is 0.790. The summed E-state index contributed by atoms with van der Waals surface area (Å²) in [5.41, 5.74) is 0.715. The van der Waals surface area contributed by atoms with Gasteiger partial charge in [-0.3, -0.25) is 9.69 Å². The van der Waals surface area contributed by atoms with E-state index in [4.69, 9.17) is 0 Å². The molecule has 4 heteroatoms. The highest BCUT2D eigenvalue weighted by molar-refractivity contribution is 7.99. The fourth-order valence-corrected chi connectivity index (χ4v) is 3.11. The van der Waals surface area contributed by atoms with Crippen LogP contribution >= 0.6 is 11.8 Å². The topological polar surface area (TPSA) is 36.1 Å². The van der Waals surface area contributed by atoms with Gasteiger partial charge in [0.2, 0.25) is 0 Å². The van der Waals surface area contributed by atoms with E-state index in [1.807, 2.05) is 30.9 Å². The summed E-state index contributed by atoms with van der Waals surface area (Å²) in [6.07, 6.45) is 3.00. The fraction of sp³-hybridized carbons (Fsp3) is 0.545. The van der Waals surface area contributed by atoms with E-state index in [0.717, 1.165) is 5.75 Å². The van der Waals surface area contributed by atoms with Gasteiger partial charge in [-0.25, -0.2) is 0 Å². The predicted molar refractivity (Wildman–Crippen MR) is 63.5 cm³/mol. The molecule has 1 aliphatic heterocycles. The van der Waals surface area contributed by atoms with Crippen molar-refractivity contribution in [2.45, 2.75) is 12.5 Å². The number of nitrogens with one attached hydrogen (secondary N) is 1. The molecule has 0 aromatic carbocycles. The standard InChI is InChI=1S/C11H16N2OS/c1-13(9-4-6-15-8-9)7-11(14)10-3-2-5-12-10/h2-3,5,9,12H,4,6-8H2,1H3. The number of likely N-dealkylation sites (N-methyl/N-ethyl adjacent to an activating group) is 1. The molecular formula is C11H16N2OS. The average Bonchev–Trinajstić information content (AvgIpc) is 2.91. The molecule has 0 spiro atoms. The fourth-order valence-electron chi connectivity index (χ4n) is 1.81. The van der Waals surface area contributed by atoms with Crippen molar-refractivity contribution in [2.24, 2.45) is 0 Å². The molecule has 1 unspecified atom stereocenters. The molecule has 0 aliphatic carbocycles. The molecular weight excluding hydrogens is 208 g/mol. The lowest BCUT2D eigenvalue weighted by molar-refractivity contribution is 0.0922. The summed E-state index contributed by atoms with van der Waals surface area (Å²) >= 11 is 1.97. The lowest BCUT2D eigenvalue weighted by Gasteiger charge is -2.22. The van der Waals surface area contributed by atoms with E-state index in [2.05, 4.69) is 9.88 Å². The largest absolute Gasteiger partial charge is 0.359 e. The highest BCUT2D eigenvalue weighted by Gasteiger charge is 2.22. The summed E-state index contributed by atoms with van der Waals surface area (Å²) in [5, 5.41) is 0. The van der Waals surface area contributed by atoms with Gasteiger partial charge < -0.3 is 4.98 Å². The van der Waals surface area contributed by atoms with Crippen molar-refractivity contribution < 1.29 is 4.79 Å². The van der Waals surface area contributed by atoms with E-state index >= 15 is 0 Å². The molecule has 1 aliphatic rings. The van der Waals surface area contributed by atoms with Gasteiger partial charge in [0.25, 0.3) is 0 Å². The van der Waals surface area contributed by atoms with Crippen LogP contribution in [0.5, 0.6) is 0 Å². The summed E-state index contributed by atoms with van der Waals surface area (Å²) in [6.45, 7) is 0.520. The Bertz CT molecular complexity index is 317. The number of Topliss-reactive ketones (excluding diaryl/α,β-unsaturated/α-hetero) is 1. The minimum atomic E-state index is 0.180. The summed E-state index contributed by atoms with van der Waals surface area (Å²) in [7, 11) is 2.04. The summed E-state index contributed by atoms with van der Waals surface area (Å²) in [6, 6.07) is 4.27. The smallest absolute Gasteiger partial charge is 0.192 e. The first-order valence-electron chi connectivity index (χ1n) is 5.22. The summed E-state index contributed by atoms with van der Waals surface area (Å²) in [5.74, 6) is 2.57. The molecule has 1 N–H and O–H groups in total. The molecule has 1 saturated heterocycles. The first kappa shape index (κ1) is 10.8. The van der Waals surface area contributed by atoms with Crippen LogP contribution in [0.25, 0.3) is 0 Å². The number of aromatic amines is 1. The molecule has 1 atom stereocenters. The lowest BCUT2D eigenvalue weighted by atomic mass is 10.2. The molecule has 0 amide bonds. The Morgan fingerprint density at radius 3 is 3.20 bits per heavy atom. The molecule has 1 fully saturated rings. The number of hydrogen-bond acceptors (Lipinski definition) is 3. The van der Waals surface area contributed by atoms with Crippen LogP contribution < -0.4 is 0 Å². The molecule has 2 rings (SSSR count). The third-order valence-corrected chi connectivity index (χ3v) is 3.97. The Kier molecular flexibility index (Phi) is 3.49. The van der Waals surface area contributed by atoms with Crippen LogP contribution in [0.1, 0.15) is 16.9 Å². The highest BCUT2D eigenvalue weighted by Crippen LogP contribution is 2.21. The number of aromatic nitrogens is 1. The number of nitrogens with zero attached hydrogens (tertiary/aromatic N) is 1. The number of carbonyl (C=O) groups is 1. The third kappa shape index (κ3) is 2.63. The van der Waals surface area contributed by atoms with E-state index in [1.165, 1.54) is 12.2 Å². The van der Waals surface area contributed by atoms with Crippen molar-refractivity contribution in [3.05, 3.63) is 24.0 Å². The Morgan fingerprint density at radius 1 is 1.73 bits per heavy atom. The number of ketones is 1. The van der Waals surface area contributed by atoms with Crippen molar-refractivity contribution in [2.75, 3.05) is 25.1 Å². The summed E-state index contributed by atoms with van der Waals surface area (Å²) in [4.78, 5) is 16.9. The number of thioether (sulfide) groups is 1. The maximum atomic E-state index is 11.8. The molecule has 0 saturated carbocycles. The van der Waals surface area contributed by atoms with Gasteiger partial charge in [0, 0.05) is 18.0 Å². The molecule has 3 nitrogen and oxygen atoms in total. The minimum absolute atomic E-state index is 0.180. The van der Waals surface area contributed by atoms with Crippen LogP contribution in [0.15, 0.2) is 18.3 Å². The number of H-pyrrole nitrogens is 1. The molecule has 1 aromatic heterocycles. The average molecular weight is 224 g/mol. The van der Waals surface area contributed by atoms with Gasteiger partial charge in [-0.1, -0.05) is 0 Å². The second-order valence-electron chi connectivity index (χ2n) is 3.94. The monoisotopic (exact) mass is 224 g/mol. The van der Waals surface area contributed by atoms with Crippen LogP contribution in [-0.2, 0) is 0 Å². The molecule has 82 valence electrons. The van der Waals surface area contributed by atoms with Crippen LogP contribution in [0, 0.1) is 0 Å². The number of carbonyl (C=O) groups excluding carboxylic acids is 1. The maximum absolute atomic E-state index is 11.8. The zero-order chi connectivity index (χ0) is 10.7. The van der Waals surface area contributed by atoms with Crippen molar-refractivity contribution in [3.8, 4) is 0 Å². The van der Waals surface area contributed by atoms with Crippen LogP contribution in [0.3, 0.4) is 0 Å². The van der Waals surface area contributed by atoms with Gasteiger partial charge in [-0.2, -0.15) is 11.8 Å². The minimum Gasteiger partial charge on any atom is -0.359 e. The second kappa shape index (κ2) is 4.86. The lowest BCUT2D eigenvalue weighted by Crippen LogP contribution is -2.35. The first-order valence-corrected chi connectivity index (χ1v) is 6.37. The molecule has 0 radical (unpaired) electrons. The molecule has 1 aromatic rings. The normalized spacial score (nSPS) is 21.1. The van der Waals surface area contributed by atoms with E-state index in [1.54, 1.807) is 6.20 Å². The van der Waals surface area contributed by atoms with Crippen molar-refractivity contribution in [1.29, 1.82) is 0 Å². The van der Waals surface area contributed by atoms with E-state index in [-0.39, 0.29) is 5.78 Å². The molecule has 15 heavy (non-hydrogen) atoms. The van der Waals surface area contributed by atoms with Gasteiger partial charge in [-0.15, -0.1) is 0 Å². The Hall–Kier alpha value is -0.740. The van der Waals surface area contributed by atoms with Crippen molar-refractivity contribution in [3.63, 3.8) is 0 Å². The molecule has 0 bridgehead atoms. The van der Waals surface area contributed by atoms with E-state index in [9.17, 15) is 4.79 Å². The zero-order valence-corrected chi connectivity index (χ0v) is 9.72. The SMILES string of the molecule is CN(CC(=O)c1ccc[nH]1)C1CCSC1. The van der Waals surface area contributed by atoms with E-state index < -0.39 is 0 Å². The van der Waals surface area contributed by atoms with Gasteiger partial charge in [0.1, 0.15) is 0 Å². The van der Waals surface area contributed by atoms with Crippen LogP contribution in [-0.4, -0.2) is 46.8 Å². The number of rotatable bonds is 4. The van der Waals surface area contributed by atoms with E-state index in [0.29, 0.717) is 18.3 Å². The summed E-state index contributed by atoms with van der Waals surface area (Å²) < 4.78 is 0. The van der Waals surface area contributed by atoms with Crippen molar-refractivity contribution >= 4 is 17.5 Å². The van der Waals surface area contributed by atoms with Crippen LogP contribution in [0.2, 0.25) is 0 Å². The van der Waals surface area contributed by atoms with Crippen LogP contribution in [0.4, 0.5) is 0 Å². The van der Waals surface area contributed by atoms with Gasteiger partial charge >= 0.3 is 0 Å². The van der Waals surface area contributed by atoms with Gasteiger partial charge in [0.15, 0.2) is 5.78 Å². The highest BCUT2D eigenvalue weighted by atomic mass is 32.2. The Labute approximate surface area is 94.2 Å².